The molecule has 2 rings (SSSR count). The number of hydrogen-bond acceptors (Lipinski definition) is 3. The average Bonchev–Trinajstić information content (AvgIpc) is 2.71. The molecule has 1 aromatic rings. The summed E-state index contributed by atoms with van der Waals surface area (Å²) < 4.78 is 1.81. The van der Waals surface area contributed by atoms with Crippen LogP contribution in [0.25, 0.3) is 0 Å². The number of amides is 1. The van der Waals surface area contributed by atoms with Crippen LogP contribution in [0.15, 0.2) is 6.07 Å². The van der Waals surface area contributed by atoms with E-state index in [1.807, 2.05) is 22.7 Å². The second-order valence-corrected chi connectivity index (χ2v) is 5.28. The molecule has 1 saturated heterocycles. The molecular weight excluding hydrogens is 264 g/mol. The Hall–Kier alpha value is -1.07. The van der Waals surface area contributed by atoms with Crippen LogP contribution in [-0.2, 0) is 7.05 Å². The molecule has 5 nitrogen and oxygen atoms in total. The highest BCUT2D eigenvalue weighted by Crippen LogP contribution is 2.17. The summed E-state index contributed by atoms with van der Waals surface area (Å²) >= 11 is 0. The number of aromatic nitrogens is 2. The van der Waals surface area contributed by atoms with E-state index in [0.29, 0.717) is 11.6 Å². The lowest BCUT2D eigenvalue weighted by Crippen LogP contribution is -2.52. The molecule has 0 unspecified atom stereocenters. The number of nitrogens with one attached hydrogen (secondary N) is 1. The third-order valence-electron chi connectivity index (χ3n) is 3.49. The van der Waals surface area contributed by atoms with Crippen molar-refractivity contribution in [3.8, 4) is 0 Å². The summed E-state index contributed by atoms with van der Waals surface area (Å²) in [6.07, 6.45) is 0. The van der Waals surface area contributed by atoms with E-state index < -0.39 is 0 Å². The van der Waals surface area contributed by atoms with Crippen LogP contribution in [0.5, 0.6) is 0 Å². The maximum absolute atomic E-state index is 12.4. The second-order valence-electron chi connectivity index (χ2n) is 5.28. The molecule has 19 heavy (non-hydrogen) atoms. The molecule has 0 bridgehead atoms. The lowest BCUT2D eigenvalue weighted by Gasteiger charge is -2.33. The predicted octanol–water partition coefficient (Wildman–Crippen LogP) is 1.40. The first-order valence-electron chi connectivity index (χ1n) is 6.56. The van der Waals surface area contributed by atoms with Crippen molar-refractivity contribution in [1.82, 2.24) is 20.0 Å². The molecule has 0 saturated carbocycles. The number of halogens is 1. The third-order valence-corrected chi connectivity index (χ3v) is 3.49. The highest BCUT2D eigenvalue weighted by molar-refractivity contribution is 5.92. The van der Waals surface area contributed by atoms with Crippen LogP contribution < -0.4 is 5.32 Å². The van der Waals surface area contributed by atoms with Gasteiger partial charge in [-0.3, -0.25) is 9.48 Å². The monoisotopic (exact) mass is 286 g/mol. The fraction of sp³-hybridized carbons (Fsp3) is 0.692. The van der Waals surface area contributed by atoms with Crippen LogP contribution in [0, 0.1) is 0 Å². The second kappa shape index (κ2) is 6.39. The van der Waals surface area contributed by atoms with E-state index in [-0.39, 0.29) is 24.4 Å². The van der Waals surface area contributed by atoms with Gasteiger partial charge in [0.15, 0.2) is 5.69 Å². The number of carbonyl (C=O) groups is 1. The molecule has 0 radical (unpaired) electrons. The molecule has 1 fully saturated rings. The van der Waals surface area contributed by atoms with Crippen molar-refractivity contribution in [3.05, 3.63) is 17.5 Å². The van der Waals surface area contributed by atoms with E-state index in [0.717, 1.165) is 25.3 Å². The summed E-state index contributed by atoms with van der Waals surface area (Å²) in [7, 11) is 1.90. The normalized spacial score (nSPS) is 19.4. The summed E-state index contributed by atoms with van der Waals surface area (Å²) in [6.45, 7) is 8.76. The van der Waals surface area contributed by atoms with Gasteiger partial charge in [-0.2, -0.15) is 5.10 Å². The number of rotatable bonds is 2. The van der Waals surface area contributed by atoms with Gasteiger partial charge in [-0.1, -0.05) is 13.8 Å². The first kappa shape index (κ1) is 16.0. The standard InChI is InChI=1S/C13H22N4O.ClH/c1-9(2)12-7-11(15-16(12)4)13(18)17-6-5-14-8-10(17)3;/h7,9-10,14H,5-6,8H2,1-4H3;1H/t10-;/m0./s1. The highest BCUT2D eigenvalue weighted by Gasteiger charge is 2.26. The molecule has 2 heterocycles. The van der Waals surface area contributed by atoms with Crippen molar-refractivity contribution in [2.24, 2.45) is 7.05 Å². The van der Waals surface area contributed by atoms with Gasteiger partial charge in [-0.05, 0) is 18.9 Å². The Morgan fingerprint density at radius 3 is 2.74 bits per heavy atom. The molecule has 0 spiro atoms. The third kappa shape index (κ3) is 3.28. The Kier molecular flexibility index (Phi) is 5.38. The van der Waals surface area contributed by atoms with Gasteiger partial charge in [0, 0.05) is 38.4 Å². The van der Waals surface area contributed by atoms with E-state index in [1.165, 1.54) is 0 Å². The van der Waals surface area contributed by atoms with Gasteiger partial charge >= 0.3 is 0 Å². The van der Waals surface area contributed by atoms with Crippen molar-refractivity contribution in [3.63, 3.8) is 0 Å². The van der Waals surface area contributed by atoms with Crippen LogP contribution in [0.1, 0.15) is 42.9 Å². The average molecular weight is 287 g/mol. The Bertz CT molecular complexity index is 444. The SMILES string of the molecule is CC(C)c1cc(C(=O)N2CCNC[C@@H]2C)nn1C.Cl. The Morgan fingerprint density at radius 2 is 2.21 bits per heavy atom. The fourth-order valence-corrected chi connectivity index (χ4v) is 2.42. The van der Waals surface area contributed by atoms with Gasteiger partial charge in [-0.15, -0.1) is 12.4 Å². The van der Waals surface area contributed by atoms with Crippen LogP contribution >= 0.6 is 12.4 Å². The lowest BCUT2D eigenvalue weighted by atomic mass is 10.1. The van der Waals surface area contributed by atoms with Crippen molar-refractivity contribution in [2.45, 2.75) is 32.7 Å². The molecule has 0 aromatic carbocycles. The van der Waals surface area contributed by atoms with Crippen LogP contribution in [0.3, 0.4) is 0 Å². The van der Waals surface area contributed by atoms with Crippen molar-refractivity contribution in [2.75, 3.05) is 19.6 Å². The first-order valence-corrected chi connectivity index (χ1v) is 6.56. The zero-order valence-corrected chi connectivity index (χ0v) is 12.8. The van der Waals surface area contributed by atoms with E-state index in [1.54, 1.807) is 0 Å². The molecule has 1 atom stereocenters. The molecule has 108 valence electrons. The van der Waals surface area contributed by atoms with Gasteiger partial charge in [-0.25, -0.2) is 0 Å². The zero-order chi connectivity index (χ0) is 13.3. The lowest BCUT2D eigenvalue weighted by molar-refractivity contribution is 0.0649. The smallest absolute Gasteiger partial charge is 0.274 e. The maximum atomic E-state index is 12.4. The number of piperazine rings is 1. The van der Waals surface area contributed by atoms with Gasteiger partial charge in [0.1, 0.15) is 0 Å². The number of hydrogen-bond donors (Lipinski definition) is 1. The minimum atomic E-state index is 0. The Morgan fingerprint density at radius 1 is 1.53 bits per heavy atom. The van der Waals surface area contributed by atoms with E-state index in [4.69, 9.17) is 0 Å². The maximum Gasteiger partial charge on any atom is 0.274 e. The molecule has 6 heteroatoms. The van der Waals surface area contributed by atoms with Gasteiger partial charge < -0.3 is 10.2 Å². The molecule has 1 aliphatic heterocycles. The number of aryl methyl sites for hydroxylation is 1. The molecule has 1 N–H and O–H groups in total. The fourth-order valence-electron chi connectivity index (χ4n) is 2.42. The molecule has 1 aromatic heterocycles. The van der Waals surface area contributed by atoms with Gasteiger partial charge in [0.05, 0.1) is 0 Å². The van der Waals surface area contributed by atoms with E-state index in [2.05, 4.69) is 31.2 Å². The summed E-state index contributed by atoms with van der Waals surface area (Å²) in [6, 6.07) is 2.15. The molecular formula is C13H23ClN4O. The summed E-state index contributed by atoms with van der Waals surface area (Å²) in [4.78, 5) is 14.3. The predicted molar refractivity (Wildman–Crippen MR) is 77.9 cm³/mol. The van der Waals surface area contributed by atoms with E-state index >= 15 is 0 Å². The quantitative estimate of drug-likeness (QED) is 0.894. The molecule has 0 aliphatic carbocycles. The number of carbonyl (C=O) groups excluding carboxylic acids is 1. The topological polar surface area (TPSA) is 50.2 Å². The first-order chi connectivity index (χ1) is 8.50. The largest absolute Gasteiger partial charge is 0.332 e. The minimum Gasteiger partial charge on any atom is -0.332 e. The zero-order valence-electron chi connectivity index (χ0n) is 12.0. The van der Waals surface area contributed by atoms with Gasteiger partial charge in [0.2, 0.25) is 0 Å². The van der Waals surface area contributed by atoms with Crippen molar-refractivity contribution >= 4 is 18.3 Å². The van der Waals surface area contributed by atoms with Crippen LogP contribution in [-0.4, -0.2) is 46.3 Å². The van der Waals surface area contributed by atoms with Crippen molar-refractivity contribution in [1.29, 1.82) is 0 Å². The molecule has 1 aliphatic rings. The minimum absolute atomic E-state index is 0. The summed E-state index contributed by atoms with van der Waals surface area (Å²) in [5.41, 5.74) is 1.66. The van der Waals surface area contributed by atoms with Crippen LogP contribution in [0.4, 0.5) is 0 Å². The van der Waals surface area contributed by atoms with E-state index in [9.17, 15) is 4.79 Å². The molecule has 1 amide bonds. The summed E-state index contributed by atoms with van der Waals surface area (Å²) in [5, 5.41) is 7.63. The van der Waals surface area contributed by atoms with Gasteiger partial charge in [0.25, 0.3) is 5.91 Å². The Labute approximate surface area is 120 Å². The highest BCUT2D eigenvalue weighted by atomic mass is 35.5. The Balaban J connectivity index is 0.00000180. The number of nitrogens with zero attached hydrogens (tertiary/aromatic N) is 3. The summed E-state index contributed by atoms with van der Waals surface area (Å²) in [5.74, 6) is 0.427. The van der Waals surface area contributed by atoms with Crippen molar-refractivity contribution < 1.29 is 4.79 Å². The van der Waals surface area contributed by atoms with Crippen LogP contribution in [0.2, 0.25) is 0 Å².